The molecule has 8 heteroatoms. The Morgan fingerprint density at radius 1 is 1.37 bits per heavy atom. The van der Waals surface area contributed by atoms with Gasteiger partial charge in [-0.05, 0) is 30.7 Å². The zero-order chi connectivity index (χ0) is 14.2. The Kier molecular flexibility index (Phi) is 3.71. The van der Waals surface area contributed by atoms with Gasteiger partial charge in [0.25, 0.3) is 10.0 Å². The summed E-state index contributed by atoms with van der Waals surface area (Å²) >= 11 is 6.74. The summed E-state index contributed by atoms with van der Waals surface area (Å²) in [6.45, 7) is 1.69. The molecule has 0 bridgehead atoms. The van der Waals surface area contributed by atoms with Gasteiger partial charge in [0.2, 0.25) is 0 Å². The lowest BCUT2D eigenvalue weighted by atomic mass is 10.3. The van der Waals surface area contributed by atoms with E-state index in [4.69, 9.17) is 16.7 Å². The maximum absolute atomic E-state index is 13.1. The van der Waals surface area contributed by atoms with Crippen LogP contribution in [0.3, 0.4) is 0 Å². The van der Waals surface area contributed by atoms with Crippen molar-refractivity contribution in [1.82, 2.24) is 0 Å². The molecule has 4 nitrogen and oxygen atoms in total. The molecule has 0 atom stereocenters. The zero-order valence-electron chi connectivity index (χ0n) is 9.65. The van der Waals surface area contributed by atoms with Crippen LogP contribution >= 0.6 is 22.9 Å². The lowest BCUT2D eigenvalue weighted by Crippen LogP contribution is -2.11. The average Bonchev–Trinajstić information content (AvgIpc) is 2.65. The Bertz CT molecular complexity index is 708. The quantitative estimate of drug-likeness (QED) is 0.852. The maximum Gasteiger partial charge on any atom is 0.271 e. The first-order chi connectivity index (χ1) is 8.79. The van der Waals surface area contributed by atoms with Gasteiger partial charge in [0.15, 0.2) is 11.6 Å². The number of phenolic OH excluding ortho intramolecular Hbond substituents is 1. The van der Waals surface area contributed by atoms with Gasteiger partial charge in [0.1, 0.15) is 4.21 Å². The summed E-state index contributed by atoms with van der Waals surface area (Å²) in [7, 11) is -3.81. The van der Waals surface area contributed by atoms with Gasteiger partial charge in [-0.2, -0.15) is 0 Å². The van der Waals surface area contributed by atoms with E-state index in [-0.39, 0.29) is 9.90 Å². The molecule has 0 saturated heterocycles. The van der Waals surface area contributed by atoms with Crippen molar-refractivity contribution in [3.8, 4) is 5.75 Å². The number of sulfonamides is 1. The van der Waals surface area contributed by atoms with Crippen LogP contribution in [0.5, 0.6) is 5.75 Å². The first-order valence-electron chi connectivity index (χ1n) is 5.07. The summed E-state index contributed by atoms with van der Waals surface area (Å²) < 4.78 is 39.8. The minimum atomic E-state index is -3.81. The lowest BCUT2D eigenvalue weighted by molar-refractivity contribution is 0.432. The van der Waals surface area contributed by atoms with Crippen LogP contribution in [0.4, 0.5) is 10.1 Å². The standard InChI is InChI=1S/C11H9ClFNO3S2/c1-6-4-10(18-11(6)12)19(16,17)14-7-2-3-9(15)8(13)5-7/h2-5,14-15H,1H3. The van der Waals surface area contributed by atoms with E-state index in [1.54, 1.807) is 6.92 Å². The highest BCUT2D eigenvalue weighted by Crippen LogP contribution is 2.31. The van der Waals surface area contributed by atoms with Gasteiger partial charge in [-0.15, -0.1) is 11.3 Å². The number of benzene rings is 1. The van der Waals surface area contributed by atoms with Crippen molar-refractivity contribution in [1.29, 1.82) is 0 Å². The van der Waals surface area contributed by atoms with Crippen molar-refractivity contribution in [3.05, 3.63) is 40.0 Å². The third-order valence-corrected chi connectivity index (χ3v) is 5.71. The molecule has 19 heavy (non-hydrogen) atoms. The van der Waals surface area contributed by atoms with Crippen LogP contribution in [0.2, 0.25) is 4.34 Å². The van der Waals surface area contributed by atoms with E-state index in [2.05, 4.69) is 4.72 Å². The van der Waals surface area contributed by atoms with Gasteiger partial charge >= 0.3 is 0 Å². The van der Waals surface area contributed by atoms with E-state index in [0.717, 1.165) is 23.5 Å². The molecular weight excluding hydrogens is 313 g/mol. The predicted molar refractivity (Wildman–Crippen MR) is 72.9 cm³/mol. The van der Waals surface area contributed by atoms with Gasteiger partial charge in [0, 0.05) is 6.07 Å². The van der Waals surface area contributed by atoms with E-state index in [1.807, 2.05) is 0 Å². The van der Waals surface area contributed by atoms with Gasteiger partial charge in [-0.3, -0.25) is 4.72 Å². The second kappa shape index (κ2) is 4.99. The average molecular weight is 322 g/mol. The van der Waals surface area contributed by atoms with Crippen molar-refractivity contribution in [2.75, 3.05) is 4.72 Å². The Hall–Kier alpha value is -1.31. The van der Waals surface area contributed by atoms with E-state index in [0.29, 0.717) is 9.90 Å². The summed E-state index contributed by atoms with van der Waals surface area (Å²) in [6, 6.07) is 4.67. The van der Waals surface area contributed by atoms with Gasteiger partial charge < -0.3 is 5.11 Å². The number of anilines is 1. The van der Waals surface area contributed by atoms with Crippen molar-refractivity contribution in [2.45, 2.75) is 11.1 Å². The van der Waals surface area contributed by atoms with Gasteiger partial charge in [-0.1, -0.05) is 11.6 Å². The van der Waals surface area contributed by atoms with E-state index < -0.39 is 21.6 Å². The Labute approximate surface area is 118 Å². The normalized spacial score (nSPS) is 11.5. The number of thiophene rings is 1. The highest BCUT2D eigenvalue weighted by molar-refractivity contribution is 7.94. The number of rotatable bonds is 3. The Morgan fingerprint density at radius 3 is 2.58 bits per heavy atom. The minimum absolute atomic E-state index is 0.0254. The summed E-state index contributed by atoms with van der Waals surface area (Å²) in [5.74, 6) is -1.45. The molecule has 0 aliphatic heterocycles. The minimum Gasteiger partial charge on any atom is -0.505 e. The van der Waals surface area contributed by atoms with Crippen LogP contribution in [-0.2, 0) is 10.0 Å². The second-order valence-corrected chi connectivity index (χ2v) is 7.36. The van der Waals surface area contributed by atoms with Crippen LogP contribution in [0.1, 0.15) is 5.56 Å². The van der Waals surface area contributed by atoms with E-state index in [1.165, 1.54) is 12.1 Å². The lowest BCUT2D eigenvalue weighted by Gasteiger charge is -2.06. The molecule has 1 aromatic heterocycles. The molecule has 1 aromatic carbocycles. The van der Waals surface area contributed by atoms with Gasteiger partial charge in [0.05, 0.1) is 10.0 Å². The number of phenols is 1. The zero-order valence-corrected chi connectivity index (χ0v) is 12.0. The molecule has 0 aliphatic carbocycles. The third-order valence-electron chi connectivity index (χ3n) is 2.30. The maximum atomic E-state index is 13.1. The molecule has 0 aliphatic rings. The molecule has 0 saturated carbocycles. The highest BCUT2D eigenvalue weighted by atomic mass is 35.5. The van der Waals surface area contributed by atoms with Crippen LogP contribution in [0.25, 0.3) is 0 Å². The van der Waals surface area contributed by atoms with Crippen LogP contribution in [0, 0.1) is 12.7 Å². The summed E-state index contributed by atoms with van der Waals surface area (Å²) in [5, 5.41) is 9.03. The largest absolute Gasteiger partial charge is 0.505 e. The van der Waals surface area contributed by atoms with Crippen molar-refractivity contribution in [2.24, 2.45) is 0 Å². The first kappa shape index (κ1) is 14.1. The fourth-order valence-electron chi connectivity index (χ4n) is 1.34. The Morgan fingerprint density at radius 2 is 2.05 bits per heavy atom. The highest BCUT2D eigenvalue weighted by Gasteiger charge is 2.19. The number of hydrogen-bond donors (Lipinski definition) is 2. The molecule has 0 fully saturated rings. The molecule has 0 spiro atoms. The van der Waals surface area contributed by atoms with Crippen LogP contribution < -0.4 is 4.72 Å². The SMILES string of the molecule is Cc1cc(S(=O)(=O)Nc2ccc(O)c(F)c2)sc1Cl. The third kappa shape index (κ3) is 2.99. The second-order valence-electron chi connectivity index (χ2n) is 3.79. The van der Waals surface area contributed by atoms with E-state index >= 15 is 0 Å². The fourth-order valence-corrected chi connectivity index (χ4v) is 4.10. The summed E-state index contributed by atoms with van der Waals surface area (Å²) in [5.41, 5.74) is 0.682. The number of aromatic hydroxyl groups is 1. The summed E-state index contributed by atoms with van der Waals surface area (Å²) in [6.07, 6.45) is 0. The van der Waals surface area contributed by atoms with Gasteiger partial charge in [-0.25, -0.2) is 12.8 Å². The monoisotopic (exact) mass is 321 g/mol. The molecule has 102 valence electrons. The predicted octanol–water partition coefficient (Wildman–Crippen LogP) is 3.36. The number of aryl methyl sites for hydroxylation is 1. The Balaban J connectivity index is 2.33. The fraction of sp³-hybridized carbons (Fsp3) is 0.0909. The topological polar surface area (TPSA) is 66.4 Å². The number of nitrogens with one attached hydrogen (secondary N) is 1. The number of hydrogen-bond acceptors (Lipinski definition) is 4. The molecule has 2 N–H and O–H groups in total. The van der Waals surface area contributed by atoms with Crippen molar-refractivity contribution in [3.63, 3.8) is 0 Å². The smallest absolute Gasteiger partial charge is 0.271 e. The molecule has 0 radical (unpaired) electrons. The molecule has 0 unspecified atom stereocenters. The summed E-state index contributed by atoms with van der Waals surface area (Å²) in [4.78, 5) is 0. The molecule has 1 heterocycles. The molecular formula is C11H9ClFNO3S2. The molecule has 2 aromatic rings. The molecule has 0 amide bonds. The van der Waals surface area contributed by atoms with Crippen molar-refractivity contribution >= 4 is 38.6 Å². The molecule has 2 rings (SSSR count). The van der Waals surface area contributed by atoms with E-state index in [9.17, 15) is 12.8 Å². The van der Waals surface area contributed by atoms with Crippen LogP contribution in [-0.4, -0.2) is 13.5 Å². The first-order valence-corrected chi connectivity index (χ1v) is 7.74. The van der Waals surface area contributed by atoms with Crippen molar-refractivity contribution < 1.29 is 17.9 Å². The van der Waals surface area contributed by atoms with Crippen LogP contribution in [0.15, 0.2) is 28.5 Å². The number of halogens is 2.